The van der Waals surface area contributed by atoms with Gasteiger partial charge in [0.25, 0.3) is 0 Å². The van der Waals surface area contributed by atoms with Crippen molar-refractivity contribution in [2.24, 2.45) is 11.8 Å². The van der Waals surface area contributed by atoms with Crippen LogP contribution in [-0.4, -0.2) is 23.6 Å². The standard InChI is InChI=1S/C14H21N3S/c1-10(2)11(8-15-3)7-14-17-13(9-18-14)12-5-4-6-16-12/h4-6,9-11,15-16H,7-8H2,1-3H3. The number of nitrogens with one attached hydrogen (secondary N) is 2. The van der Waals surface area contributed by atoms with E-state index in [1.807, 2.05) is 19.3 Å². The Kier molecular flexibility index (Phi) is 4.55. The van der Waals surface area contributed by atoms with Crippen LogP contribution in [-0.2, 0) is 6.42 Å². The van der Waals surface area contributed by atoms with E-state index in [1.54, 1.807) is 11.3 Å². The molecule has 0 saturated carbocycles. The number of rotatable bonds is 6. The average Bonchev–Trinajstić information content (AvgIpc) is 2.98. The Labute approximate surface area is 113 Å². The molecule has 1 unspecified atom stereocenters. The third-order valence-corrected chi connectivity index (χ3v) is 4.14. The van der Waals surface area contributed by atoms with Crippen molar-refractivity contribution in [2.45, 2.75) is 20.3 Å². The summed E-state index contributed by atoms with van der Waals surface area (Å²) in [5, 5.41) is 6.64. The molecule has 0 aromatic carbocycles. The van der Waals surface area contributed by atoms with Gasteiger partial charge < -0.3 is 10.3 Å². The quantitative estimate of drug-likeness (QED) is 0.840. The van der Waals surface area contributed by atoms with Gasteiger partial charge in [0.05, 0.1) is 16.4 Å². The molecular formula is C14H21N3S. The number of H-pyrrole nitrogens is 1. The minimum absolute atomic E-state index is 0.651. The summed E-state index contributed by atoms with van der Waals surface area (Å²) in [5.74, 6) is 1.33. The van der Waals surface area contributed by atoms with Crippen LogP contribution in [0.25, 0.3) is 11.4 Å². The minimum atomic E-state index is 0.651. The van der Waals surface area contributed by atoms with Crippen LogP contribution in [0.3, 0.4) is 0 Å². The monoisotopic (exact) mass is 263 g/mol. The molecule has 0 aliphatic rings. The lowest BCUT2D eigenvalue weighted by atomic mass is 9.93. The van der Waals surface area contributed by atoms with Gasteiger partial charge in [-0.05, 0) is 37.6 Å². The Hall–Kier alpha value is -1.13. The lowest BCUT2D eigenvalue weighted by molar-refractivity contribution is 0.370. The van der Waals surface area contributed by atoms with Gasteiger partial charge in [-0.1, -0.05) is 13.8 Å². The van der Waals surface area contributed by atoms with E-state index in [2.05, 4.69) is 35.6 Å². The zero-order chi connectivity index (χ0) is 13.0. The highest BCUT2D eigenvalue weighted by Crippen LogP contribution is 2.24. The molecular weight excluding hydrogens is 242 g/mol. The summed E-state index contributed by atoms with van der Waals surface area (Å²) < 4.78 is 0. The Morgan fingerprint density at radius 1 is 1.44 bits per heavy atom. The topological polar surface area (TPSA) is 40.7 Å². The molecule has 3 nitrogen and oxygen atoms in total. The summed E-state index contributed by atoms with van der Waals surface area (Å²) in [6.07, 6.45) is 3.00. The highest BCUT2D eigenvalue weighted by molar-refractivity contribution is 7.09. The van der Waals surface area contributed by atoms with Gasteiger partial charge in [0, 0.05) is 18.0 Å². The molecule has 4 heteroatoms. The van der Waals surface area contributed by atoms with E-state index in [-0.39, 0.29) is 0 Å². The smallest absolute Gasteiger partial charge is 0.0976 e. The lowest BCUT2D eigenvalue weighted by Gasteiger charge is -2.18. The van der Waals surface area contributed by atoms with Crippen LogP contribution in [0.2, 0.25) is 0 Å². The fourth-order valence-electron chi connectivity index (χ4n) is 2.05. The van der Waals surface area contributed by atoms with E-state index in [0.29, 0.717) is 11.8 Å². The molecule has 0 fully saturated rings. The van der Waals surface area contributed by atoms with E-state index in [0.717, 1.165) is 24.4 Å². The molecule has 2 N–H and O–H groups in total. The van der Waals surface area contributed by atoms with Crippen molar-refractivity contribution in [1.82, 2.24) is 15.3 Å². The van der Waals surface area contributed by atoms with E-state index in [1.165, 1.54) is 5.01 Å². The predicted molar refractivity (Wildman–Crippen MR) is 77.9 cm³/mol. The zero-order valence-electron chi connectivity index (χ0n) is 11.2. The van der Waals surface area contributed by atoms with Crippen molar-refractivity contribution in [3.63, 3.8) is 0 Å². The number of hydrogen-bond donors (Lipinski definition) is 2. The third kappa shape index (κ3) is 3.21. The fraction of sp³-hybridized carbons (Fsp3) is 0.500. The van der Waals surface area contributed by atoms with E-state index >= 15 is 0 Å². The van der Waals surface area contributed by atoms with Crippen molar-refractivity contribution < 1.29 is 0 Å². The molecule has 0 amide bonds. The zero-order valence-corrected chi connectivity index (χ0v) is 12.1. The van der Waals surface area contributed by atoms with Gasteiger partial charge in [-0.3, -0.25) is 0 Å². The van der Waals surface area contributed by atoms with Crippen LogP contribution < -0.4 is 5.32 Å². The number of nitrogens with zero attached hydrogens (tertiary/aromatic N) is 1. The lowest BCUT2D eigenvalue weighted by Crippen LogP contribution is -2.25. The molecule has 0 bridgehead atoms. The molecule has 1 atom stereocenters. The first-order valence-corrected chi connectivity index (χ1v) is 7.31. The predicted octanol–water partition coefficient (Wildman–Crippen LogP) is 3.17. The van der Waals surface area contributed by atoms with Crippen molar-refractivity contribution in [3.8, 4) is 11.4 Å². The SMILES string of the molecule is CNCC(Cc1nc(-c2ccc[nH]2)cs1)C(C)C. The summed E-state index contributed by atoms with van der Waals surface area (Å²) in [6, 6.07) is 4.07. The van der Waals surface area contributed by atoms with Gasteiger partial charge in [0.1, 0.15) is 0 Å². The number of aromatic nitrogens is 2. The first-order valence-electron chi connectivity index (χ1n) is 6.43. The fourth-order valence-corrected chi connectivity index (χ4v) is 2.94. The average molecular weight is 263 g/mol. The highest BCUT2D eigenvalue weighted by Gasteiger charge is 2.15. The molecule has 98 valence electrons. The second-order valence-corrected chi connectivity index (χ2v) is 5.92. The van der Waals surface area contributed by atoms with Crippen molar-refractivity contribution in [3.05, 3.63) is 28.7 Å². The van der Waals surface area contributed by atoms with E-state index < -0.39 is 0 Å². The Morgan fingerprint density at radius 2 is 2.28 bits per heavy atom. The van der Waals surface area contributed by atoms with Crippen molar-refractivity contribution >= 4 is 11.3 Å². The van der Waals surface area contributed by atoms with Gasteiger partial charge in [-0.25, -0.2) is 4.98 Å². The summed E-state index contributed by atoms with van der Waals surface area (Å²) >= 11 is 1.76. The molecule has 2 heterocycles. The second-order valence-electron chi connectivity index (χ2n) is 4.98. The van der Waals surface area contributed by atoms with Crippen molar-refractivity contribution in [2.75, 3.05) is 13.6 Å². The third-order valence-electron chi connectivity index (χ3n) is 3.27. The first kappa shape index (κ1) is 13.3. The van der Waals surface area contributed by atoms with Crippen LogP contribution in [0.5, 0.6) is 0 Å². The van der Waals surface area contributed by atoms with Gasteiger partial charge in [-0.15, -0.1) is 11.3 Å². The Bertz CT molecular complexity index is 459. The molecule has 2 aromatic heterocycles. The maximum atomic E-state index is 4.72. The largest absolute Gasteiger partial charge is 0.360 e. The molecule has 2 rings (SSSR count). The van der Waals surface area contributed by atoms with Crippen LogP contribution in [0.1, 0.15) is 18.9 Å². The molecule has 2 aromatic rings. The number of aromatic amines is 1. The highest BCUT2D eigenvalue weighted by atomic mass is 32.1. The summed E-state index contributed by atoms with van der Waals surface area (Å²) in [4.78, 5) is 7.92. The summed E-state index contributed by atoms with van der Waals surface area (Å²) in [6.45, 7) is 5.61. The normalized spacial score (nSPS) is 13.1. The molecule has 0 aliphatic heterocycles. The van der Waals surface area contributed by atoms with Gasteiger partial charge in [0.2, 0.25) is 0 Å². The number of hydrogen-bond acceptors (Lipinski definition) is 3. The second kappa shape index (κ2) is 6.16. The summed E-state index contributed by atoms with van der Waals surface area (Å²) in [5.41, 5.74) is 2.17. The Balaban J connectivity index is 2.06. The molecule has 0 aliphatic carbocycles. The minimum Gasteiger partial charge on any atom is -0.360 e. The van der Waals surface area contributed by atoms with Crippen LogP contribution in [0.4, 0.5) is 0 Å². The Morgan fingerprint density at radius 3 is 2.89 bits per heavy atom. The summed E-state index contributed by atoms with van der Waals surface area (Å²) in [7, 11) is 2.02. The van der Waals surface area contributed by atoms with Gasteiger partial charge >= 0.3 is 0 Å². The van der Waals surface area contributed by atoms with Gasteiger partial charge in [-0.2, -0.15) is 0 Å². The maximum Gasteiger partial charge on any atom is 0.0976 e. The molecule has 0 saturated heterocycles. The molecule has 18 heavy (non-hydrogen) atoms. The number of thiazole rings is 1. The van der Waals surface area contributed by atoms with E-state index in [9.17, 15) is 0 Å². The van der Waals surface area contributed by atoms with Crippen molar-refractivity contribution in [1.29, 1.82) is 0 Å². The molecule has 0 spiro atoms. The van der Waals surface area contributed by atoms with Crippen LogP contribution >= 0.6 is 11.3 Å². The van der Waals surface area contributed by atoms with Gasteiger partial charge in [0.15, 0.2) is 0 Å². The van der Waals surface area contributed by atoms with E-state index in [4.69, 9.17) is 4.98 Å². The van der Waals surface area contributed by atoms with Crippen LogP contribution in [0, 0.1) is 11.8 Å². The molecule has 0 radical (unpaired) electrons. The van der Waals surface area contributed by atoms with Crippen LogP contribution in [0.15, 0.2) is 23.7 Å². The first-order chi connectivity index (χ1) is 8.70. The maximum absolute atomic E-state index is 4.72.